The molecule has 0 radical (unpaired) electrons. The number of aromatic nitrogens is 2. The summed E-state index contributed by atoms with van der Waals surface area (Å²) in [6.45, 7) is 0. The summed E-state index contributed by atoms with van der Waals surface area (Å²) in [5, 5.41) is 11.8. The molecule has 0 saturated heterocycles. The fourth-order valence-corrected chi connectivity index (χ4v) is 3.05. The van der Waals surface area contributed by atoms with E-state index < -0.39 is 0 Å². The molecule has 106 valence electrons. The first-order valence-electron chi connectivity index (χ1n) is 7.24. The van der Waals surface area contributed by atoms with E-state index in [1.54, 1.807) is 12.1 Å². The second-order valence-corrected chi connectivity index (χ2v) is 5.70. The minimum Gasteiger partial charge on any atom is -0.381 e. The Morgan fingerprint density at radius 2 is 1.90 bits per heavy atom. The van der Waals surface area contributed by atoms with Crippen LogP contribution in [0, 0.1) is 5.82 Å². The predicted molar refractivity (Wildman–Crippen MR) is 81.9 cm³/mol. The van der Waals surface area contributed by atoms with Crippen LogP contribution in [0.1, 0.15) is 24.3 Å². The first kappa shape index (κ1) is 12.4. The van der Waals surface area contributed by atoms with Crippen LogP contribution in [-0.2, 0) is 0 Å². The molecule has 0 atom stereocenters. The van der Waals surface area contributed by atoms with E-state index in [4.69, 9.17) is 0 Å². The van der Waals surface area contributed by atoms with Gasteiger partial charge in [-0.1, -0.05) is 24.3 Å². The molecule has 4 heteroatoms. The highest BCUT2D eigenvalue weighted by molar-refractivity contribution is 5.90. The minimum absolute atomic E-state index is 0.168. The molecule has 0 amide bonds. The Hall–Kier alpha value is -2.36. The number of aromatic amines is 1. The molecule has 0 unspecified atom stereocenters. The summed E-state index contributed by atoms with van der Waals surface area (Å²) in [5.41, 5.74) is 3.39. The van der Waals surface area contributed by atoms with Crippen LogP contribution in [-0.4, -0.2) is 16.2 Å². The zero-order valence-electron chi connectivity index (χ0n) is 11.5. The molecule has 4 rings (SSSR count). The van der Waals surface area contributed by atoms with Gasteiger partial charge in [-0.15, -0.1) is 0 Å². The number of halogens is 1. The summed E-state index contributed by atoms with van der Waals surface area (Å²) in [6.07, 6.45) is 3.99. The van der Waals surface area contributed by atoms with Gasteiger partial charge in [-0.2, -0.15) is 5.10 Å². The number of fused-ring (bicyclic) bond motifs is 1. The molecule has 21 heavy (non-hydrogen) atoms. The van der Waals surface area contributed by atoms with Crippen molar-refractivity contribution in [3.8, 4) is 0 Å². The lowest BCUT2D eigenvalue weighted by Gasteiger charge is -2.37. The highest BCUT2D eigenvalue weighted by atomic mass is 19.1. The fraction of sp³-hybridized carbons (Fsp3) is 0.235. The highest BCUT2D eigenvalue weighted by Crippen LogP contribution is 2.39. The van der Waals surface area contributed by atoms with Gasteiger partial charge in [0.05, 0.1) is 17.4 Å². The molecule has 3 nitrogen and oxygen atoms in total. The summed E-state index contributed by atoms with van der Waals surface area (Å²) in [4.78, 5) is 0. The van der Waals surface area contributed by atoms with Gasteiger partial charge in [0.15, 0.2) is 0 Å². The van der Waals surface area contributed by atoms with Gasteiger partial charge in [-0.3, -0.25) is 5.10 Å². The normalized spacial score (nSPS) is 21.2. The maximum absolute atomic E-state index is 12.9. The number of para-hydroxylation sites is 1. The molecule has 1 aliphatic carbocycles. The van der Waals surface area contributed by atoms with E-state index in [0.717, 1.165) is 29.4 Å². The van der Waals surface area contributed by atoms with E-state index in [0.29, 0.717) is 12.0 Å². The van der Waals surface area contributed by atoms with Gasteiger partial charge in [-0.05, 0) is 42.5 Å². The summed E-state index contributed by atoms with van der Waals surface area (Å²) in [5.74, 6) is 0.364. The second kappa shape index (κ2) is 4.88. The van der Waals surface area contributed by atoms with Crippen molar-refractivity contribution < 1.29 is 4.39 Å². The Morgan fingerprint density at radius 3 is 2.71 bits per heavy atom. The van der Waals surface area contributed by atoms with Crippen molar-refractivity contribution >= 4 is 16.6 Å². The lowest BCUT2D eigenvalue weighted by atomic mass is 9.76. The first-order valence-corrected chi connectivity index (χ1v) is 7.24. The average molecular weight is 281 g/mol. The number of nitrogens with zero attached hydrogens (tertiary/aromatic N) is 1. The van der Waals surface area contributed by atoms with Gasteiger partial charge in [0, 0.05) is 11.4 Å². The molecule has 1 saturated carbocycles. The van der Waals surface area contributed by atoms with Crippen molar-refractivity contribution in [3.63, 3.8) is 0 Å². The largest absolute Gasteiger partial charge is 0.381 e. The van der Waals surface area contributed by atoms with Crippen LogP contribution in [0.3, 0.4) is 0 Å². The summed E-state index contributed by atoms with van der Waals surface area (Å²) < 4.78 is 12.9. The van der Waals surface area contributed by atoms with E-state index in [-0.39, 0.29) is 5.82 Å². The van der Waals surface area contributed by atoms with E-state index in [2.05, 4.69) is 21.6 Å². The lowest BCUT2D eigenvalue weighted by Crippen LogP contribution is -2.34. The first-order chi connectivity index (χ1) is 10.3. The zero-order valence-corrected chi connectivity index (χ0v) is 11.5. The maximum atomic E-state index is 12.9. The monoisotopic (exact) mass is 281 g/mol. The van der Waals surface area contributed by atoms with Crippen LogP contribution < -0.4 is 5.32 Å². The third kappa shape index (κ3) is 2.27. The van der Waals surface area contributed by atoms with Crippen molar-refractivity contribution in [1.82, 2.24) is 10.2 Å². The molecular weight excluding hydrogens is 265 g/mol. The quantitative estimate of drug-likeness (QED) is 0.760. The Balaban J connectivity index is 1.44. The average Bonchev–Trinajstić information content (AvgIpc) is 2.93. The zero-order chi connectivity index (χ0) is 14.2. The van der Waals surface area contributed by atoms with Gasteiger partial charge < -0.3 is 5.32 Å². The van der Waals surface area contributed by atoms with Crippen LogP contribution in [0.15, 0.2) is 48.7 Å². The smallest absolute Gasteiger partial charge is 0.123 e. The van der Waals surface area contributed by atoms with Crippen LogP contribution in [0.25, 0.3) is 10.9 Å². The van der Waals surface area contributed by atoms with Crippen molar-refractivity contribution in [2.45, 2.75) is 24.8 Å². The Kier molecular flexibility index (Phi) is 2.88. The third-order valence-corrected chi connectivity index (χ3v) is 4.32. The van der Waals surface area contributed by atoms with Crippen LogP contribution in [0.4, 0.5) is 10.1 Å². The number of H-pyrrole nitrogens is 1. The van der Waals surface area contributed by atoms with E-state index >= 15 is 0 Å². The van der Waals surface area contributed by atoms with E-state index in [9.17, 15) is 4.39 Å². The Morgan fingerprint density at radius 1 is 1.10 bits per heavy atom. The number of rotatable bonds is 3. The summed E-state index contributed by atoms with van der Waals surface area (Å²) in [7, 11) is 0. The molecular formula is C17H16FN3. The molecule has 1 fully saturated rings. The Labute approximate surface area is 122 Å². The predicted octanol–water partition coefficient (Wildman–Crippen LogP) is 4.06. The number of nitrogens with one attached hydrogen (secondary N) is 2. The molecule has 1 aliphatic rings. The summed E-state index contributed by atoms with van der Waals surface area (Å²) >= 11 is 0. The molecule has 3 aromatic rings. The Bertz CT molecular complexity index is 757. The number of hydrogen-bond donors (Lipinski definition) is 2. The second-order valence-electron chi connectivity index (χ2n) is 5.70. The van der Waals surface area contributed by atoms with Crippen molar-refractivity contribution in [2.75, 3.05) is 5.32 Å². The molecule has 0 spiro atoms. The minimum atomic E-state index is -0.168. The summed E-state index contributed by atoms with van der Waals surface area (Å²) in [6, 6.07) is 13.5. The molecule has 2 N–H and O–H groups in total. The van der Waals surface area contributed by atoms with Crippen LogP contribution in [0.5, 0.6) is 0 Å². The SMILES string of the molecule is Fc1ccc(C2CC(Nc3cccc4cn[nH]c34)C2)cc1. The lowest BCUT2D eigenvalue weighted by molar-refractivity contribution is 0.374. The van der Waals surface area contributed by atoms with Gasteiger partial charge >= 0.3 is 0 Å². The fourth-order valence-electron chi connectivity index (χ4n) is 3.05. The molecule has 1 aromatic heterocycles. The van der Waals surface area contributed by atoms with Gasteiger partial charge in [-0.25, -0.2) is 4.39 Å². The van der Waals surface area contributed by atoms with Crippen molar-refractivity contribution in [1.29, 1.82) is 0 Å². The van der Waals surface area contributed by atoms with Crippen molar-refractivity contribution in [2.24, 2.45) is 0 Å². The van der Waals surface area contributed by atoms with E-state index in [1.165, 1.54) is 5.56 Å². The molecule has 0 aliphatic heterocycles. The van der Waals surface area contributed by atoms with Gasteiger partial charge in [0.25, 0.3) is 0 Å². The highest BCUT2D eigenvalue weighted by Gasteiger charge is 2.30. The standard InChI is InChI=1S/C17H16FN3/c18-14-6-4-11(5-7-14)13-8-15(9-13)20-16-3-1-2-12-10-19-21-17(12)16/h1-7,10,13,15,20H,8-9H2,(H,19,21). The number of anilines is 1. The number of hydrogen-bond acceptors (Lipinski definition) is 2. The van der Waals surface area contributed by atoms with Crippen LogP contribution >= 0.6 is 0 Å². The third-order valence-electron chi connectivity index (χ3n) is 4.32. The van der Waals surface area contributed by atoms with Crippen molar-refractivity contribution in [3.05, 3.63) is 60.0 Å². The maximum Gasteiger partial charge on any atom is 0.123 e. The topological polar surface area (TPSA) is 40.7 Å². The van der Waals surface area contributed by atoms with Gasteiger partial charge in [0.2, 0.25) is 0 Å². The van der Waals surface area contributed by atoms with E-state index in [1.807, 2.05) is 30.5 Å². The number of benzene rings is 2. The molecule has 0 bridgehead atoms. The molecule has 2 aromatic carbocycles. The van der Waals surface area contributed by atoms with Crippen LogP contribution in [0.2, 0.25) is 0 Å². The molecule has 1 heterocycles. The van der Waals surface area contributed by atoms with Gasteiger partial charge in [0.1, 0.15) is 5.82 Å².